The van der Waals surface area contributed by atoms with Crippen LogP contribution in [0.3, 0.4) is 0 Å². The van der Waals surface area contributed by atoms with Gasteiger partial charge in [-0.15, -0.1) is 0 Å². The second-order valence-corrected chi connectivity index (χ2v) is 15.6. The van der Waals surface area contributed by atoms with Crippen LogP contribution in [0, 0.1) is 6.92 Å². The normalized spacial score (nSPS) is 30.4. The maximum Gasteiger partial charge on any atom is 0.328 e. The Kier molecular flexibility index (Phi) is 12.6. The van der Waals surface area contributed by atoms with Gasteiger partial charge in [-0.1, -0.05) is 6.07 Å². The molecule has 0 spiro atoms. The number of nitrogens with one attached hydrogen (secondary N) is 2. The third-order valence-electron chi connectivity index (χ3n) is 11.9. The summed E-state index contributed by atoms with van der Waals surface area (Å²) < 4.78 is 29.0. The Bertz CT molecular complexity index is 2350. The quantitative estimate of drug-likeness (QED) is 0.0754. The molecule has 13 N–H and O–H groups in total. The van der Waals surface area contributed by atoms with E-state index in [1.165, 1.54) is 27.1 Å². The Morgan fingerprint density at radius 3 is 2.05 bits per heavy atom. The highest BCUT2D eigenvalue weighted by atomic mass is 16.7. The number of methoxy groups -OCH3 is 1. The number of ketones is 2. The van der Waals surface area contributed by atoms with Gasteiger partial charge in [-0.2, -0.15) is 0 Å². The van der Waals surface area contributed by atoms with Gasteiger partial charge in [0.1, 0.15) is 71.8 Å². The lowest BCUT2D eigenvalue weighted by atomic mass is 9.74. The summed E-state index contributed by atoms with van der Waals surface area (Å²) in [6.07, 6.45) is -18.2. The first-order chi connectivity index (χ1) is 29.8. The molecular weight excluding hydrogens is 840 g/mol. The van der Waals surface area contributed by atoms with Crippen LogP contribution in [0.1, 0.15) is 78.0 Å². The molecule has 4 aliphatic rings. The standard InChI is InChI=1S/C41H46N2O20/c1-11-5-17-24(31(51)21(11)38(56)43-18(9-44)39(57)58)23-15(8-16-25(32(23)52)28(48)14-6-13(59-4)7-19(46)22(14)27(16)47)29(49)36(17)62-41-35(55)37(26(42-3)12(2)60-41)63-40-34(54)33(53)30(50)20(10-45)61-40/h5-8,12,18,20,26,29-30,33-37,40-42,44-46,49-55H,9-10H2,1-4H3,(H,43,56)(H,57,58). The average molecular weight is 887 g/mol. The molecule has 3 aromatic carbocycles. The van der Waals surface area contributed by atoms with Gasteiger partial charge in [-0.3, -0.25) is 14.4 Å². The zero-order chi connectivity index (χ0) is 46.1. The highest BCUT2D eigenvalue weighted by molar-refractivity contribution is 6.31. The number of fused-ring (bicyclic) bond motifs is 5. The second kappa shape index (κ2) is 17.3. The number of carbonyl (C=O) groups excluding carboxylic acids is 3. The fourth-order valence-corrected chi connectivity index (χ4v) is 8.66. The molecule has 0 saturated carbocycles. The van der Waals surface area contributed by atoms with Crippen molar-refractivity contribution in [3.05, 3.63) is 68.8 Å². The predicted octanol–water partition coefficient (Wildman–Crippen LogP) is -2.28. The number of ether oxygens (including phenoxy) is 5. The Morgan fingerprint density at radius 1 is 0.794 bits per heavy atom. The maximum absolute atomic E-state index is 14.1. The van der Waals surface area contributed by atoms with Crippen molar-refractivity contribution in [1.29, 1.82) is 0 Å². The molecule has 1 amide bonds. The number of amides is 1. The minimum absolute atomic E-state index is 0.0105. The molecule has 2 aliphatic heterocycles. The summed E-state index contributed by atoms with van der Waals surface area (Å²) in [7, 11) is 2.74. The number of likely N-dealkylation sites (N-methyl/N-ethyl adjacent to an activating group) is 1. The minimum atomic E-state index is -1.96. The topological polar surface area (TPSA) is 361 Å². The molecule has 0 bridgehead atoms. The van der Waals surface area contributed by atoms with Crippen LogP contribution >= 0.6 is 0 Å². The first-order valence-corrected chi connectivity index (χ1v) is 19.5. The monoisotopic (exact) mass is 886 g/mol. The predicted molar refractivity (Wildman–Crippen MR) is 208 cm³/mol. The van der Waals surface area contributed by atoms with Gasteiger partial charge in [0.15, 0.2) is 30.2 Å². The summed E-state index contributed by atoms with van der Waals surface area (Å²) in [6, 6.07) is 1.78. The summed E-state index contributed by atoms with van der Waals surface area (Å²) in [5.74, 6) is -7.30. The van der Waals surface area contributed by atoms with Gasteiger partial charge >= 0.3 is 5.97 Å². The van der Waals surface area contributed by atoms with Crippen LogP contribution in [0.15, 0.2) is 24.3 Å². The van der Waals surface area contributed by atoms with Crippen molar-refractivity contribution in [1.82, 2.24) is 10.6 Å². The largest absolute Gasteiger partial charge is 0.507 e. The third-order valence-corrected chi connectivity index (χ3v) is 11.9. The Balaban J connectivity index is 1.36. The Hall–Kier alpha value is -5.34. The van der Waals surface area contributed by atoms with Crippen molar-refractivity contribution in [2.24, 2.45) is 0 Å². The number of phenols is 3. The van der Waals surface area contributed by atoms with Gasteiger partial charge in [0.2, 0.25) is 0 Å². The minimum Gasteiger partial charge on any atom is -0.507 e. The number of aliphatic hydroxyl groups excluding tert-OH is 7. The summed E-state index contributed by atoms with van der Waals surface area (Å²) in [5.41, 5.74) is -4.00. The molecule has 2 saturated heterocycles. The van der Waals surface area contributed by atoms with Gasteiger partial charge in [0.05, 0.1) is 49.2 Å². The number of hydrogen-bond acceptors (Lipinski definition) is 20. The molecule has 13 atom stereocenters. The van der Waals surface area contributed by atoms with E-state index in [1.807, 2.05) is 0 Å². The first-order valence-electron chi connectivity index (χ1n) is 19.5. The fraction of sp³-hybridized carbons (Fsp3) is 0.463. The van der Waals surface area contributed by atoms with E-state index < -0.39 is 167 Å². The van der Waals surface area contributed by atoms with Crippen molar-refractivity contribution in [2.75, 3.05) is 27.4 Å². The third kappa shape index (κ3) is 7.46. The lowest BCUT2D eigenvalue weighted by Crippen LogP contribution is -2.66. The van der Waals surface area contributed by atoms with Crippen LogP contribution in [-0.4, -0.2) is 174 Å². The summed E-state index contributed by atoms with van der Waals surface area (Å²) in [5, 5.41) is 124. The van der Waals surface area contributed by atoms with E-state index in [2.05, 4.69) is 10.6 Å². The number of benzene rings is 3. The van der Waals surface area contributed by atoms with Crippen molar-refractivity contribution in [3.8, 4) is 34.1 Å². The van der Waals surface area contributed by atoms with Gasteiger partial charge in [0, 0.05) is 28.3 Å². The average Bonchev–Trinajstić information content (AvgIpc) is 3.24. The van der Waals surface area contributed by atoms with Crippen molar-refractivity contribution >= 4 is 23.4 Å². The number of rotatable bonds is 11. The van der Waals surface area contributed by atoms with Crippen LogP contribution in [0.25, 0.3) is 11.1 Å². The summed E-state index contributed by atoms with van der Waals surface area (Å²) in [6.45, 7) is 1.04. The smallest absolute Gasteiger partial charge is 0.328 e. The molecule has 340 valence electrons. The zero-order valence-electron chi connectivity index (χ0n) is 33.8. The first kappa shape index (κ1) is 45.7. The van der Waals surface area contributed by atoms with Crippen molar-refractivity contribution in [3.63, 3.8) is 0 Å². The van der Waals surface area contributed by atoms with Crippen molar-refractivity contribution in [2.45, 2.75) is 93.4 Å². The van der Waals surface area contributed by atoms with E-state index in [4.69, 9.17) is 23.7 Å². The molecule has 0 aromatic heterocycles. The number of hydrogen-bond donors (Lipinski definition) is 13. The van der Waals surface area contributed by atoms with E-state index in [9.17, 15) is 75.3 Å². The molecule has 63 heavy (non-hydrogen) atoms. The van der Waals surface area contributed by atoms with Crippen molar-refractivity contribution < 1.29 is 99.0 Å². The van der Waals surface area contributed by atoms with E-state index in [1.54, 1.807) is 6.92 Å². The summed E-state index contributed by atoms with van der Waals surface area (Å²) in [4.78, 5) is 53.5. The number of carboxylic acid groups (broad SMARTS) is 1. The Labute approximate surface area is 356 Å². The fourth-order valence-electron chi connectivity index (χ4n) is 8.66. The second-order valence-electron chi connectivity index (χ2n) is 15.6. The highest BCUT2D eigenvalue weighted by Crippen LogP contribution is 2.57. The lowest BCUT2D eigenvalue weighted by molar-refractivity contribution is -0.351. The highest BCUT2D eigenvalue weighted by Gasteiger charge is 2.52. The van der Waals surface area contributed by atoms with Crippen LogP contribution in [0.4, 0.5) is 0 Å². The number of aryl methyl sites for hydroxylation is 1. The van der Waals surface area contributed by atoms with Crippen LogP contribution in [-0.2, 0) is 23.7 Å². The number of carboxylic acids is 1. The molecule has 2 heterocycles. The molecule has 3 aromatic rings. The van der Waals surface area contributed by atoms with Gasteiger partial charge in [-0.25, -0.2) is 4.79 Å². The molecule has 22 heteroatoms. The number of aliphatic carboxylic acids is 1. The number of carbonyl (C=O) groups is 4. The maximum atomic E-state index is 14.1. The molecule has 22 nitrogen and oxygen atoms in total. The molecule has 0 radical (unpaired) electrons. The molecule has 2 aliphatic carbocycles. The Morgan fingerprint density at radius 2 is 1.43 bits per heavy atom. The summed E-state index contributed by atoms with van der Waals surface area (Å²) >= 11 is 0. The van der Waals surface area contributed by atoms with Crippen LogP contribution in [0.5, 0.6) is 23.0 Å². The van der Waals surface area contributed by atoms with Gasteiger partial charge in [0.25, 0.3) is 5.91 Å². The van der Waals surface area contributed by atoms with E-state index in [0.29, 0.717) is 0 Å². The van der Waals surface area contributed by atoms with E-state index >= 15 is 0 Å². The zero-order valence-corrected chi connectivity index (χ0v) is 33.8. The van der Waals surface area contributed by atoms with Gasteiger partial charge in [-0.05, 0) is 49.7 Å². The lowest BCUT2D eigenvalue weighted by Gasteiger charge is -2.48. The number of phenolic OH excluding ortho intramolecular Hbond substituents is 3. The van der Waals surface area contributed by atoms with E-state index in [-0.39, 0.29) is 28.0 Å². The van der Waals surface area contributed by atoms with Gasteiger partial charge < -0.3 is 90.5 Å². The molecular formula is C41H46N2O20. The van der Waals surface area contributed by atoms with Crippen LogP contribution in [0.2, 0.25) is 0 Å². The number of aromatic hydroxyl groups is 3. The van der Waals surface area contributed by atoms with E-state index in [0.717, 1.165) is 18.2 Å². The molecule has 13 unspecified atom stereocenters. The SMILES string of the molecule is CNC1C(C)OC(OC2c3cc(C)c(C(=O)NC(CO)C(=O)O)c(O)c3-c3c(cc4c(c3O)C(=O)c3cc(OC)cc(O)c3C4=O)C2O)C(O)C1OC1OC(CO)C(O)C(O)C1O. The van der Waals surface area contributed by atoms with Crippen LogP contribution < -0.4 is 15.4 Å². The number of aliphatic hydroxyl groups is 7. The molecule has 7 rings (SSSR count). The molecule has 2 fully saturated rings.